The van der Waals surface area contributed by atoms with Crippen molar-refractivity contribution in [3.8, 4) is 5.75 Å². The molecule has 1 amide bonds. The Kier molecular flexibility index (Phi) is 5.36. The minimum atomic E-state index is -0.948. The van der Waals surface area contributed by atoms with E-state index in [1.165, 1.54) is 36.8 Å². The van der Waals surface area contributed by atoms with E-state index in [0.29, 0.717) is 5.69 Å². The summed E-state index contributed by atoms with van der Waals surface area (Å²) < 4.78 is 5.11. The smallest absolute Gasteiger partial charge is 0.339 e. The van der Waals surface area contributed by atoms with Crippen LogP contribution in [-0.4, -0.2) is 23.1 Å². The van der Waals surface area contributed by atoms with Crippen molar-refractivity contribution in [3.63, 3.8) is 0 Å². The van der Waals surface area contributed by atoms with Crippen molar-refractivity contribution in [1.82, 2.24) is 0 Å². The number of esters is 1. The zero-order valence-corrected chi connectivity index (χ0v) is 13.1. The van der Waals surface area contributed by atoms with Crippen LogP contribution in [0.3, 0.4) is 0 Å². The molecule has 0 saturated carbocycles. The highest BCUT2D eigenvalue weighted by Crippen LogP contribution is 2.14. The molecule has 0 aliphatic carbocycles. The van der Waals surface area contributed by atoms with Gasteiger partial charge in [0, 0.05) is 5.69 Å². The molecular formula is C18H19NO4. The Morgan fingerprint density at radius 2 is 1.87 bits per heavy atom. The monoisotopic (exact) mass is 313 g/mol. The minimum Gasteiger partial charge on any atom is -0.508 e. The van der Waals surface area contributed by atoms with Gasteiger partial charge < -0.3 is 15.2 Å². The van der Waals surface area contributed by atoms with Gasteiger partial charge in [0.2, 0.25) is 0 Å². The number of hydrogen-bond donors (Lipinski definition) is 2. The van der Waals surface area contributed by atoms with Crippen molar-refractivity contribution in [2.24, 2.45) is 0 Å². The highest BCUT2D eigenvalue weighted by atomic mass is 16.5. The van der Waals surface area contributed by atoms with Crippen LogP contribution in [0.4, 0.5) is 5.69 Å². The van der Waals surface area contributed by atoms with Gasteiger partial charge in [0.25, 0.3) is 5.91 Å². The topological polar surface area (TPSA) is 75.6 Å². The minimum absolute atomic E-state index is 0.0347. The number of nitrogens with one attached hydrogen (secondary N) is 1. The number of carbonyl (C=O) groups is 2. The fourth-order valence-corrected chi connectivity index (χ4v) is 1.98. The van der Waals surface area contributed by atoms with E-state index in [0.717, 1.165) is 6.42 Å². The summed E-state index contributed by atoms with van der Waals surface area (Å²) in [5.74, 6) is -1.11. The van der Waals surface area contributed by atoms with E-state index in [9.17, 15) is 14.7 Å². The molecule has 5 nitrogen and oxygen atoms in total. The van der Waals surface area contributed by atoms with Gasteiger partial charge in [-0.05, 0) is 49.2 Å². The number of phenols is 1. The lowest BCUT2D eigenvalue weighted by Crippen LogP contribution is -2.30. The van der Waals surface area contributed by atoms with Crippen LogP contribution in [0.25, 0.3) is 0 Å². The zero-order valence-electron chi connectivity index (χ0n) is 13.1. The average molecular weight is 313 g/mol. The van der Waals surface area contributed by atoms with Crippen molar-refractivity contribution in [1.29, 1.82) is 0 Å². The first-order valence-electron chi connectivity index (χ1n) is 7.39. The molecule has 0 fully saturated rings. The lowest BCUT2D eigenvalue weighted by Gasteiger charge is -2.14. The van der Waals surface area contributed by atoms with E-state index in [4.69, 9.17) is 4.74 Å². The van der Waals surface area contributed by atoms with Crippen LogP contribution in [0.15, 0.2) is 48.5 Å². The highest BCUT2D eigenvalue weighted by molar-refractivity contribution is 5.97. The number of carbonyl (C=O) groups excluding carboxylic acids is 2. The van der Waals surface area contributed by atoms with Gasteiger partial charge in [-0.2, -0.15) is 0 Å². The number of aromatic hydroxyl groups is 1. The lowest BCUT2D eigenvalue weighted by molar-refractivity contribution is -0.123. The predicted molar refractivity (Wildman–Crippen MR) is 87.4 cm³/mol. The summed E-state index contributed by atoms with van der Waals surface area (Å²) in [5, 5.41) is 12.1. The quantitative estimate of drug-likeness (QED) is 0.832. The van der Waals surface area contributed by atoms with E-state index in [2.05, 4.69) is 12.2 Å². The molecule has 1 atom stereocenters. The van der Waals surface area contributed by atoms with Crippen molar-refractivity contribution < 1.29 is 19.4 Å². The molecule has 0 aromatic heterocycles. The number of rotatable bonds is 5. The normalized spacial score (nSPS) is 11.6. The Labute approximate surface area is 134 Å². The molecule has 120 valence electrons. The molecule has 23 heavy (non-hydrogen) atoms. The standard InChI is InChI=1S/C18H19NO4/c1-3-13-7-9-15(10-8-13)19-17(21)12(2)23-18(22)14-5-4-6-16(20)11-14/h4-12,20H,3H2,1-2H3,(H,19,21)/t12-/m1/s1. The third-order valence-corrected chi connectivity index (χ3v) is 3.36. The Balaban J connectivity index is 1.95. The third-order valence-electron chi connectivity index (χ3n) is 3.36. The van der Waals surface area contributed by atoms with Gasteiger partial charge in [-0.3, -0.25) is 4.79 Å². The van der Waals surface area contributed by atoms with E-state index in [1.54, 1.807) is 12.1 Å². The van der Waals surface area contributed by atoms with Gasteiger partial charge in [-0.25, -0.2) is 4.79 Å². The van der Waals surface area contributed by atoms with Crippen molar-refractivity contribution in [2.45, 2.75) is 26.4 Å². The van der Waals surface area contributed by atoms with Gasteiger partial charge >= 0.3 is 5.97 Å². The number of ether oxygens (including phenoxy) is 1. The van der Waals surface area contributed by atoms with Crippen LogP contribution in [-0.2, 0) is 16.0 Å². The Morgan fingerprint density at radius 1 is 1.17 bits per heavy atom. The van der Waals surface area contributed by atoms with Crippen LogP contribution < -0.4 is 5.32 Å². The molecular weight excluding hydrogens is 294 g/mol. The molecule has 0 saturated heterocycles. The van der Waals surface area contributed by atoms with E-state index in [-0.39, 0.29) is 11.3 Å². The Bertz CT molecular complexity index is 694. The van der Waals surface area contributed by atoms with Gasteiger partial charge in [-0.1, -0.05) is 25.1 Å². The van der Waals surface area contributed by atoms with Crippen molar-refractivity contribution >= 4 is 17.6 Å². The Hall–Kier alpha value is -2.82. The van der Waals surface area contributed by atoms with Crippen LogP contribution in [0.5, 0.6) is 5.75 Å². The number of benzene rings is 2. The first-order chi connectivity index (χ1) is 11.0. The second-order valence-corrected chi connectivity index (χ2v) is 5.14. The number of anilines is 1. The molecule has 0 unspecified atom stereocenters. The van der Waals surface area contributed by atoms with Crippen molar-refractivity contribution in [3.05, 3.63) is 59.7 Å². The average Bonchev–Trinajstić information content (AvgIpc) is 2.55. The predicted octanol–water partition coefficient (Wildman–Crippen LogP) is 3.14. The number of aryl methyl sites for hydroxylation is 1. The van der Waals surface area contributed by atoms with Gasteiger partial charge in [0.1, 0.15) is 5.75 Å². The highest BCUT2D eigenvalue weighted by Gasteiger charge is 2.19. The number of hydrogen-bond acceptors (Lipinski definition) is 4. The summed E-state index contributed by atoms with van der Waals surface area (Å²) in [7, 11) is 0. The fourth-order valence-electron chi connectivity index (χ4n) is 1.98. The molecule has 2 N–H and O–H groups in total. The SMILES string of the molecule is CCc1ccc(NC(=O)[C@@H](C)OC(=O)c2cccc(O)c2)cc1. The second kappa shape index (κ2) is 7.45. The largest absolute Gasteiger partial charge is 0.508 e. The second-order valence-electron chi connectivity index (χ2n) is 5.14. The number of amides is 1. The summed E-state index contributed by atoms with van der Waals surface area (Å²) >= 11 is 0. The zero-order chi connectivity index (χ0) is 16.8. The van der Waals surface area contributed by atoms with Crippen LogP contribution in [0.1, 0.15) is 29.8 Å². The first-order valence-corrected chi connectivity index (χ1v) is 7.39. The lowest BCUT2D eigenvalue weighted by atomic mass is 10.1. The molecule has 0 radical (unpaired) electrons. The van der Waals surface area contributed by atoms with E-state index >= 15 is 0 Å². The van der Waals surface area contributed by atoms with Crippen LogP contribution in [0, 0.1) is 0 Å². The van der Waals surface area contributed by atoms with Crippen LogP contribution in [0.2, 0.25) is 0 Å². The molecule has 2 aromatic carbocycles. The number of phenolic OH excluding ortho intramolecular Hbond substituents is 1. The Morgan fingerprint density at radius 3 is 2.48 bits per heavy atom. The maximum Gasteiger partial charge on any atom is 0.339 e. The van der Waals surface area contributed by atoms with E-state index in [1.807, 2.05) is 12.1 Å². The summed E-state index contributed by atoms with van der Waals surface area (Å²) in [4.78, 5) is 24.0. The van der Waals surface area contributed by atoms with E-state index < -0.39 is 18.0 Å². The van der Waals surface area contributed by atoms with Gasteiger partial charge in [0.15, 0.2) is 6.10 Å². The van der Waals surface area contributed by atoms with Crippen molar-refractivity contribution in [2.75, 3.05) is 5.32 Å². The summed E-state index contributed by atoms with van der Waals surface area (Å²) in [5.41, 5.74) is 2.01. The molecule has 0 spiro atoms. The first kappa shape index (κ1) is 16.5. The molecule has 2 rings (SSSR count). The summed E-state index contributed by atoms with van der Waals surface area (Å²) in [6.45, 7) is 3.55. The molecule has 0 heterocycles. The maximum atomic E-state index is 12.1. The molecule has 0 aliphatic rings. The van der Waals surface area contributed by atoms with Crippen LogP contribution >= 0.6 is 0 Å². The molecule has 0 bridgehead atoms. The maximum absolute atomic E-state index is 12.1. The third kappa shape index (κ3) is 4.57. The summed E-state index contributed by atoms with van der Waals surface area (Å²) in [6.07, 6.45) is -0.0256. The molecule has 2 aromatic rings. The summed E-state index contributed by atoms with van der Waals surface area (Å²) in [6, 6.07) is 13.3. The van der Waals surface area contributed by atoms with Gasteiger partial charge in [-0.15, -0.1) is 0 Å². The molecule has 5 heteroatoms. The van der Waals surface area contributed by atoms with Gasteiger partial charge in [0.05, 0.1) is 5.56 Å². The molecule has 0 aliphatic heterocycles. The fraction of sp³-hybridized carbons (Fsp3) is 0.222.